The molecule has 3 aromatic heterocycles. The van der Waals surface area contributed by atoms with E-state index in [4.69, 9.17) is 9.47 Å². The van der Waals surface area contributed by atoms with Gasteiger partial charge in [-0.3, -0.25) is 13.9 Å². The second-order valence-electron chi connectivity index (χ2n) is 7.98. The van der Waals surface area contributed by atoms with Crippen LogP contribution >= 0.6 is 0 Å². The third-order valence-corrected chi connectivity index (χ3v) is 5.83. The van der Waals surface area contributed by atoms with Crippen molar-refractivity contribution in [2.45, 2.75) is 6.92 Å². The number of ether oxygens (including phenoxy) is 2. The highest BCUT2D eigenvalue weighted by Gasteiger charge is 2.18. The number of rotatable bonds is 6. The summed E-state index contributed by atoms with van der Waals surface area (Å²) in [5.74, 6) is 1.66. The first-order chi connectivity index (χ1) is 17.0. The van der Waals surface area contributed by atoms with Crippen LogP contribution in [0.15, 0.2) is 67.0 Å². The van der Waals surface area contributed by atoms with E-state index in [1.165, 1.54) is 0 Å². The minimum Gasteiger partial charge on any atom is -0.497 e. The topological polar surface area (TPSA) is 95.6 Å². The molecule has 0 fully saturated rings. The van der Waals surface area contributed by atoms with Gasteiger partial charge in [-0.25, -0.2) is 9.97 Å². The average Bonchev–Trinajstić information content (AvgIpc) is 3.44. The van der Waals surface area contributed by atoms with Crippen LogP contribution in [0.3, 0.4) is 0 Å². The SMILES string of the molecule is COc1ccc(OC)c(-c2cc(C(=O)Nc3cccc(-c4nc5ncccn5c4C)c3)n(C)n2)c1. The molecule has 2 aromatic carbocycles. The Morgan fingerprint density at radius 1 is 1.03 bits per heavy atom. The van der Waals surface area contributed by atoms with E-state index in [1.54, 1.807) is 38.2 Å². The first-order valence-corrected chi connectivity index (χ1v) is 11.0. The Morgan fingerprint density at radius 3 is 2.66 bits per heavy atom. The highest BCUT2D eigenvalue weighted by molar-refractivity contribution is 6.04. The molecule has 0 radical (unpaired) electrons. The van der Waals surface area contributed by atoms with E-state index in [9.17, 15) is 4.79 Å². The van der Waals surface area contributed by atoms with E-state index >= 15 is 0 Å². The van der Waals surface area contributed by atoms with Gasteiger partial charge in [0.25, 0.3) is 5.91 Å². The molecule has 0 aliphatic heterocycles. The summed E-state index contributed by atoms with van der Waals surface area (Å²) in [6, 6.07) is 16.6. The molecule has 1 N–H and O–H groups in total. The van der Waals surface area contributed by atoms with Crippen LogP contribution in [0.4, 0.5) is 5.69 Å². The summed E-state index contributed by atoms with van der Waals surface area (Å²) in [5, 5.41) is 7.50. The summed E-state index contributed by atoms with van der Waals surface area (Å²) in [7, 11) is 4.92. The number of imidazole rings is 1. The lowest BCUT2D eigenvalue weighted by molar-refractivity contribution is 0.101. The van der Waals surface area contributed by atoms with Gasteiger partial charge in [-0.1, -0.05) is 12.1 Å². The maximum Gasteiger partial charge on any atom is 0.273 e. The quantitative estimate of drug-likeness (QED) is 0.398. The van der Waals surface area contributed by atoms with Crippen molar-refractivity contribution in [3.63, 3.8) is 0 Å². The number of carbonyl (C=O) groups excluding carboxylic acids is 1. The van der Waals surface area contributed by atoms with Gasteiger partial charge < -0.3 is 14.8 Å². The highest BCUT2D eigenvalue weighted by Crippen LogP contribution is 2.33. The van der Waals surface area contributed by atoms with Crippen LogP contribution in [-0.4, -0.2) is 44.3 Å². The van der Waals surface area contributed by atoms with Crippen molar-refractivity contribution in [2.75, 3.05) is 19.5 Å². The number of aromatic nitrogens is 5. The van der Waals surface area contributed by atoms with Crippen molar-refractivity contribution in [1.82, 2.24) is 24.1 Å². The fourth-order valence-electron chi connectivity index (χ4n) is 4.04. The van der Waals surface area contributed by atoms with Crippen molar-refractivity contribution in [2.24, 2.45) is 7.05 Å². The number of fused-ring (bicyclic) bond motifs is 1. The molecule has 5 aromatic rings. The Morgan fingerprint density at radius 2 is 1.89 bits per heavy atom. The van der Waals surface area contributed by atoms with Crippen LogP contribution in [-0.2, 0) is 7.05 Å². The van der Waals surface area contributed by atoms with E-state index in [-0.39, 0.29) is 5.91 Å². The van der Waals surface area contributed by atoms with Crippen molar-refractivity contribution < 1.29 is 14.3 Å². The fraction of sp³-hybridized carbons (Fsp3) is 0.154. The minimum atomic E-state index is -0.279. The summed E-state index contributed by atoms with van der Waals surface area (Å²) in [6.45, 7) is 1.99. The minimum absolute atomic E-state index is 0.279. The monoisotopic (exact) mass is 468 g/mol. The Hall–Kier alpha value is -4.66. The highest BCUT2D eigenvalue weighted by atomic mass is 16.5. The van der Waals surface area contributed by atoms with Crippen LogP contribution in [0.25, 0.3) is 28.3 Å². The number of methoxy groups -OCH3 is 2. The molecule has 1 amide bonds. The third-order valence-electron chi connectivity index (χ3n) is 5.83. The lowest BCUT2D eigenvalue weighted by Gasteiger charge is -2.08. The van der Waals surface area contributed by atoms with Gasteiger partial charge in [0.15, 0.2) is 0 Å². The molecule has 0 atom stereocenters. The largest absolute Gasteiger partial charge is 0.497 e. The second kappa shape index (κ2) is 8.94. The molecule has 0 unspecified atom stereocenters. The first-order valence-electron chi connectivity index (χ1n) is 11.0. The number of nitrogens with one attached hydrogen (secondary N) is 1. The summed E-state index contributed by atoms with van der Waals surface area (Å²) in [4.78, 5) is 22.1. The number of anilines is 1. The maximum absolute atomic E-state index is 13.2. The zero-order chi connectivity index (χ0) is 24.5. The van der Waals surface area contributed by atoms with Gasteiger partial charge in [0.1, 0.15) is 17.2 Å². The van der Waals surface area contributed by atoms with Gasteiger partial charge in [-0.2, -0.15) is 5.10 Å². The molecule has 0 saturated heterocycles. The predicted molar refractivity (Wildman–Crippen MR) is 133 cm³/mol. The summed E-state index contributed by atoms with van der Waals surface area (Å²) >= 11 is 0. The lowest BCUT2D eigenvalue weighted by atomic mass is 10.1. The molecule has 0 saturated carbocycles. The van der Waals surface area contributed by atoms with Gasteiger partial charge in [0.05, 0.1) is 25.6 Å². The Labute approximate surface area is 202 Å². The van der Waals surface area contributed by atoms with Crippen molar-refractivity contribution >= 4 is 17.4 Å². The number of nitrogens with zero attached hydrogens (tertiary/aromatic N) is 5. The third kappa shape index (κ3) is 4.08. The Balaban J connectivity index is 1.43. The van der Waals surface area contributed by atoms with Gasteiger partial charge in [-0.15, -0.1) is 0 Å². The van der Waals surface area contributed by atoms with Gasteiger partial charge >= 0.3 is 0 Å². The van der Waals surface area contributed by atoms with E-state index in [0.29, 0.717) is 34.4 Å². The summed E-state index contributed by atoms with van der Waals surface area (Å²) in [5.41, 5.74) is 5.07. The second-order valence-corrected chi connectivity index (χ2v) is 7.98. The molecule has 0 bridgehead atoms. The fourth-order valence-corrected chi connectivity index (χ4v) is 4.04. The van der Waals surface area contributed by atoms with Gasteiger partial charge in [0.2, 0.25) is 5.78 Å². The molecule has 3 heterocycles. The number of hydrogen-bond acceptors (Lipinski definition) is 6. The molecular formula is C26H24N6O3. The zero-order valence-electron chi connectivity index (χ0n) is 19.8. The van der Waals surface area contributed by atoms with Crippen LogP contribution in [0.2, 0.25) is 0 Å². The molecule has 0 spiro atoms. The maximum atomic E-state index is 13.2. The molecule has 0 aliphatic rings. The summed E-state index contributed by atoms with van der Waals surface area (Å²) < 4.78 is 14.3. The lowest BCUT2D eigenvalue weighted by Crippen LogP contribution is -2.16. The van der Waals surface area contributed by atoms with Crippen LogP contribution in [0.1, 0.15) is 16.2 Å². The van der Waals surface area contributed by atoms with Crippen LogP contribution in [0.5, 0.6) is 11.5 Å². The molecule has 9 heteroatoms. The number of hydrogen-bond donors (Lipinski definition) is 1. The molecule has 176 valence electrons. The zero-order valence-corrected chi connectivity index (χ0v) is 19.8. The molecule has 9 nitrogen and oxygen atoms in total. The van der Waals surface area contributed by atoms with E-state index < -0.39 is 0 Å². The standard InChI is InChI=1S/C26H24N6O3/c1-16-24(29-26-27-11-6-12-32(16)26)17-7-5-8-18(13-17)28-25(33)22-15-21(30-31(22)2)20-14-19(34-3)9-10-23(20)35-4/h5-15H,1-4H3,(H,28,33). The predicted octanol–water partition coefficient (Wildman–Crippen LogP) is 4.37. The molecular weight excluding hydrogens is 444 g/mol. The van der Waals surface area contributed by atoms with Gasteiger partial charge in [-0.05, 0) is 49.4 Å². The molecule has 5 rings (SSSR count). The van der Waals surface area contributed by atoms with Crippen molar-refractivity contribution in [1.29, 1.82) is 0 Å². The number of aryl methyl sites for hydroxylation is 2. The first kappa shape index (κ1) is 22.1. The van der Waals surface area contributed by atoms with Crippen molar-refractivity contribution in [3.8, 4) is 34.0 Å². The Bertz CT molecular complexity index is 1550. The number of benzene rings is 2. The molecule has 35 heavy (non-hydrogen) atoms. The normalized spacial score (nSPS) is 11.0. The van der Waals surface area contributed by atoms with Gasteiger partial charge in [0, 0.05) is 41.9 Å². The van der Waals surface area contributed by atoms with E-state index in [1.807, 2.05) is 66.1 Å². The van der Waals surface area contributed by atoms with Crippen LogP contribution in [0, 0.1) is 6.92 Å². The van der Waals surface area contributed by atoms with E-state index in [0.717, 1.165) is 22.5 Å². The van der Waals surface area contributed by atoms with Crippen LogP contribution < -0.4 is 14.8 Å². The smallest absolute Gasteiger partial charge is 0.273 e. The number of amides is 1. The average molecular weight is 469 g/mol. The number of carbonyl (C=O) groups is 1. The Kier molecular flexibility index (Phi) is 5.66. The van der Waals surface area contributed by atoms with E-state index in [2.05, 4.69) is 20.4 Å². The molecule has 0 aliphatic carbocycles. The van der Waals surface area contributed by atoms with Crippen molar-refractivity contribution in [3.05, 3.63) is 78.4 Å². The summed E-state index contributed by atoms with van der Waals surface area (Å²) in [6.07, 6.45) is 3.64.